The Morgan fingerprint density at radius 2 is 1.67 bits per heavy atom. The molecule has 2 nitrogen and oxygen atoms in total. The van der Waals surface area contributed by atoms with Gasteiger partial charge in [0.1, 0.15) is 0 Å². The molecule has 0 amide bonds. The van der Waals surface area contributed by atoms with Gasteiger partial charge in [-0.15, -0.1) is 0 Å². The van der Waals surface area contributed by atoms with Crippen molar-refractivity contribution in [3.05, 3.63) is 0 Å². The largest absolute Gasteiger partial charge is 1.00 e. The number of hydrogen-bond acceptors (Lipinski definition) is 2. The van der Waals surface area contributed by atoms with E-state index < -0.39 is 15.2 Å². The van der Waals surface area contributed by atoms with Crippen LogP contribution in [0.15, 0.2) is 0 Å². The van der Waals surface area contributed by atoms with E-state index in [1.807, 2.05) is 0 Å². The molecule has 0 heterocycles. The first kappa shape index (κ1) is 9.44. The van der Waals surface area contributed by atoms with Gasteiger partial charge >= 0.3 is 34.1 Å². The minimum atomic E-state index is -0.957. The van der Waals surface area contributed by atoms with E-state index in [0.29, 0.717) is 0 Å². The van der Waals surface area contributed by atoms with E-state index in [1.165, 1.54) is 0 Å². The maximum absolute atomic E-state index is 7.66. The van der Waals surface area contributed by atoms with E-state index in [4.69, 9.17) is 10.5 Å². The molecule has 0 aromatic carbocycles. The van der Waals surface area contributed by atoms with Gasteiger partial charge in [-0.3, -0.25) is 0 Å². The predicted octanol–water partition coefficient (Wildman–Crippen LogP) is -3.50. The molecular formula is C2H2AlLiN2. The smallest absolute Gasteiger partial charge is 1.00 e. The summed E-state index contributed by atoms with van der Waals surface area (Å²) in [5, 5.41) is 15.3. The second-order valence-electron chi connectivity index (χ2n) is 0.493. The molecule has 0 radical (unpaired) electrons. The van der Waals surface area contributed by atoms with Gasteiger partial charge in [0, 0.05) is 0 Å². The van der Waals surface area contributed by atoms with Gasteiger partial charge in [0.05, 0.1) is 0 Å². The third-order valence-electron chi connectivity index (χ3n) is 0.158. The minimum absolute atomic E-state index is 0. The molecular weight excluding hydrogens is 86.0 g/mol. The van der Waals surface area contributed by atoms with Crippen molar-refractivity contribution in [1.29, 1.82) is 10.5 Å². The third-order valence-corrected chi connectivity index (χ3v) is 0.474. The average molecular weight is 88.0 g/mol. The summed E-state index contributed by atoms with van der Waals surface area (Å²) in [6.45, 7) is 0. The van der Waals surface area contributed by atoms with Crippen LogP contribution < -0.4 is 18.9 Å². The van der Waals surface area contributed by atoms with Crippen molar-refractivity contribution in [3.8, 4) is 9.86 Å². The Bertz CT molecular complexity index is 80.8. The fourth-order valence-electron chi connectivity index (χ4n) is 0.0354. The molecule has 0 aromatic heterocycles. The molecule has 0 aliphatic rings. The van der Waals surface area contributed by atoms with Gasteiger partial charge in [0.15, 0.2) is 0 Å². The van der Waals surface area contributed by atoms with Crippen molar-refractivity contribution < 1.29 is 20.3 Å². The van der Waals surface area contributed by atoms with Crippen LogP contribution in [0.1, 0.15) is 1.43 Å². The Morgan fingerprint density at radius 1 is 1.33 bits per heavy atom. The molecule has 0 spiro atoms. The zero-order chi connectivity index (χ0) is 4.12. The van der Waals surface area contributed by atoms with Crippen molar-refractivity contribution in [3.63, 3.8) is 0 Å². The predicted molar refractivity (Wildman–Crippen MR) is 19.5 cm³/mol. The molecule has 0 saturated heterocycles. The van der Waals surface area contributed by atoms with Crippen LogP contribution in [0.2, 0.25) is 0 Å². The van der Waals surface area contributed by atoms with Gasteiger partial charge in [0.25, 0.3) is 0 Å². The monoisotopic (exact) mass is 88.0 g/mol. The van der Waals surface area contributed by atoms with E-state index in [2.05, 4.69) is 0 Å². The summed E-state index contributed by atoms with van der Waals surface area (Å²) in [5.74, 6) is 0. The van der Waals surface area contributed by atoms with E-state index in [0.717, 1.165) is 0 Å². The Hall–Kier alpha value is 0.110. The molecule has 0 unspecified atom stereocenters. The molecule has 0 aliphatic heterocycles. The fraction of sp³-hybridized carbons (Fsp3) is 0. The second kappa shape index (κ2) is 8.92. The number of rotatable bonds is 0. The number of hydrogen-bond donors (Lipinski definition) is 0. The van der Waals surface area contributed by atoms with Gasteiger partial charge in [-0.2, -0.15) is 0 Å². The van der Waals surface area contributed by atoms with Gasteiger partial charge in [-0.25, -0.2) is 10.5 Å². The summed E-state index contributed by atoms with van der Waals surface area (Å²) in [4.78, 5) is 3.59. The summed E-state index contributed by atoms with van der Waals surface area (Å²) in [7, 11) is 0. The summed E-state index contributed by atoms with van der Waals surface area (Å²) >= 11 is -0.957. The number of nitriles is 2. The Labute approximate surface area is 56.1 Å². The maximum Gasteiger partial charge on any atom is 1.00 e. The quantitative estimate of drug-likeness (QED) is 0.288. The van der Waals surface area contributed by atoms with Gasteiger partial charge in [-0.1, -0.05) is 0 Å². The fourth-order valence-corrected chi connectivity index (χ4v) is 0.106. The summed E-state index contributed by atoms with van der Waals surface area (Å²) < 4.78 is 0. The van der Waals surface area contributed by atoms with E-state index in [9.17, 15) is 0 Å². The van der Waals surface area contributed by atoms with Crippen molar-refractivity contribution in [2.24, 2.45) is 0 Å². The zero-order valence-corrected chi connectivity index (χ0v) is 5.02. The van der Waals surface area contributed by atoms with Crippen LogP contribution in [-0.4, -0.2) is 15.2 Å². The van der Waals surface area contributed by atoms with Gasteiger partial charge in [0.2, 0.25) is 0 Å². The molecule has 0 fully saturated rings. The topological polar surface area (TPSA) is 47.6 Å². The van der Waals surface area contributed by atoms with Crippen LogP contribution in [0.3, 0.4) is 0 Å². The molecule has 0 atom stereocenters. The third kappa shape index (κ3) is 8.93. The molecule has 0 aromatic rings. The van der Waals surface area contributed by atoms with Crippen molar-refractivity contribution in [2.45, 2.75) is 0 Å². The maximum atomic E-state index is 7.66. The summed E-state index contributed by atoms with van der Waals surface area (Å²) in [5.41, 5.74) is 0. The van der Waals surface area contributed by atoms with Crippen LogP contribution in [0.25, 0.3) is 0 Å². The van der Waals surface area contributed by atoms with Crippen LogP contribution in [0.5, 0.6) is 0 Å². The zero-order valence-electron chi connectivity index (χ0n) is 4.60. The standard InChI is InChI=1S/2CN.Al.Li.2H/c2*1-2;;;;/q;;;+1;;-1. The van der Waals surface area contributed by atoms with E-state index in [1.54, 1.807) is 9.86 Å². The normalized spacial score (nSPS) is 3.00. The average Bonchev–Trinajstić information content (AvgIpc) is 1.41. The van der Waals surface area contributed by atoms with E-state index >= 15 is 0 Å². The molecule has 0 rings (SSSR count). The first-order valence-electron chi connectivity index (χ1n) is 1.15. The van der Waals surface area contributed by atoms with Crippen LogP contribution in [0.4, 0.5) is 0 Å². The van der Waals surface area contributed by atoms with Gasteiger partial charge in [-0.05, 0) is 9.86 Å². The van der Waals surface area contributed by atoms with Crippen molar-refractivity contribution in [1.82, 2.24) is 0 Å². The number of nitrogens with zero attached hydrogens (tertiary/aromatic N) is 2. The molecule has 0 N–H and O–H groups in total. The molecule has 0 bridgehead atoms. The Balaban J connectivity index is -0.0000000800. The van der Waals surface area contributed by atoms with E-state index in [-0.39, 0.29) is 20.3 Å². The Morgan fingerprint density at radius 3 is 1.67 bits per heavy atom. The van der Waals surface area contributed by atoms with Crippen molar-refractivity contribution in [2.75, 3.05) is 0 Å². The second-order valence-corrected chi connectivity index (χ2v) is 1.48. The first-order valence-corrected chi connectivity index (χ1v) is 2.57. The minimum Gasteiger partial charge on any atom is -1.00 e. The molecule has 24 valence electrons. The molecule has 0 aliphatic carbocycles. The van der Waals surface area contributed by atoms with Crippen LogP contribution >= 0.6 is 0 Å². The Kier molecular flexibility index (Phi) is 14.0. The van der Waals surface area contributed by atoms with Gasteiger partial charge < -0.3 is 1.43 Å². The van der Waals surface area contributed by atoms with Crippen molar-refractivity contribution >= 4 is 15.2 Å². The molecule has 6 heavy (non-hydrogen) atoms. The summed E-state index contributed by atoms with van der Waals surface area (Å²) in [6, 6.07) is 0. The SMILES string of the molecule is N#[C][AlH][C]#N.[H-].[Li+]. The van der Waals surface area contributed by atoms with Crippen LogP contribution in [0, 0.1) is 20.4 Å². The molecule has 4 heteroatoms. The summed E-state index contributed by atoms with van der Waals surface area (Å²) in [6.07, 6.45) is 0. The molecule has 0 saturated carbocycles. The first-order chi connectivity index (χ1) is 2.41. The van der Waals surface area contributed by atoms with Crippen LogP contribution in [-0.2, 0) is 0 Å².